The summed E-state index contributed by atoms with van der Waals surface area (Å²) in [5.74, 6) is 0. The van der Waals surface area contributed by atoms with Gasteiger partial charge in [-0.15, -0.1) is 11.3 Å². The molecule has 1 aromatic heterocycles. The lowest BCUT2D eigenvalue weighted by atomic mass is 10.2. The van der Waals surface area contributed by atoms with Crippen LogP contribution in [0.3, 0.4) is 0 Å². The Balaban J connectivity index is 3.21. The molecule has 0 fully saturated rings. The number of hydrogen-bond acceptors (Lipinski definition) is 5. The minimum Gasteiger partial charge on any atom is -0.391 e. The van der Waals surface area contributed by atoms with Crippen molar-refractivity contribution in [2.45, 2.75) is 44.2 Å². The molecule has 1 aromatic rings. The number of ether oxygens (including phenoxy) is 1. The van der Waals surface area contributed by atoms with E-state index in [2.05, 4.69) is 15.9 Å². The van der Waals surface area contributed by atoms with Gasteiger partial charge >= 0.3 is 0 Å². The van der Waals surface area contributed by atoms with Crippen LogP contribution in [0.15, 0.2) is 14.7 Å². The van der Waals surface area contributed by atoms with Crippen LogP contribution in [0.25, 0.3) is 0 Å². The van der Waals surface area contributed by atoms with E-state index in [0.717, 1.165) is 12.8 Å². The summed E-state index contributed by atoms with van der Waals surface area (Å²) < 4.78 is 32.9. The minimum atomic E-state index is -3.61. The lowest BCUT2D eigenvalue weighted by molar-refractivity contribution is 0.163. The van der Waals surface area contributed by atoms with Crippen molar-refractivity contribution in [1.29, 1.82) is 0 Å². The average Bonchev–Trinajstić information content (AvgIpc) is 2.85. The first-order valence-electron chi connectivity index (χ1n) is 6.82. The fourth-order valence-electron chi connectivity index (χ4n) is 2.15. The van der Waals surface area contributed by atoms with E-state index < -0.39 is 10.0 Å². The van der Waals surface area contributed by atoms with Gasteiger partial charge in [-0.05, 0) is 34.8 Å². The van der Waals surface area contributed by atoms with Crippen LogP contribution in [0, 0.1) is 0 Å². The van der Waals surface area contributed by atoms with E-state index in [1.54, 1.807) is 7.11 Å². The van der Waals surface area contributed by atoms with Crippen LogP contribution in [-0.2, 0) is 21.4 Å². The highest BCUT2D eigenvalue weighted by atomic mass is 79.9. The zero-order chi connectivity index (χ0) is 16.0. The molecule has 122 valence electrons. The van der Waals surface area contributed by atoms with Crippen molar-refractivity contribution in [1.82, 2.24) is 4.31 Å². The Labute approximate surface area is 139 Å². The molecule has 1 N–H and O–H groups in total. The zero-order valence-electron chi connectivity index (χ0n) is 12.5. The Morgan fingerprint density at radius 1 is 1.43 bits per heavy atom. The molecule has 0 aliphatic heterocycles. The molecule has 0 amide bonds. The third kappa shape index (κ3) is 4.49. The number of aliphatic hydroxyl groups excluding tert-OH is 1. The Morgan fingerprint density at radius 2 is 2.05 bits per heavy atom. The molecule has 0 spiro atoms. The predicted octanol–water partition coefficient (Wildman–Crippen LogP) is 2.83. The lowest BCUT2D eigenvalue weighted by Crippen LogP contribution is -2.41. The molecule has 8 heteroatoms. The van der Waals surface area contributed by atoms with Crippen LogP contribution in [0.1, 0.15) is 31.6 Å². The van der Waals surface area contributed by atoms with Gasteiger partial charge < -0.3 is 9.84 Å². The largest absolute Gasteiger partial charge is 0.391 e. The molecule has 5 nitrogen and oxygen atoms in total. The molecule has 0 aliphatic rings. The van der Waals surface area contributed by atoms with Crippen LogP contribution in [-0.4, -0.2) is 44.1 Å². The number of aliphatic hydroxyl groups is 1. The van der Waals surface area contributed by atoms with Crippen molar-refractivity contribution in [3.05, 3.63) is 14.7 Å². The Morgan fingerprint density at radius 3 is 2.48 bits per heavy atom. The van der Waals surface area contributed by atoms with E-state index >= 15 is 0 Å². The third-order valence-corrected chi connectivity index (χ3v) is 7.50. The Kier molecular flexibility index (Phi) is 7.80. The van der Waals surface area contributed by atoms with Crippen molar-refractivity contribution in [3.63, 3.8) is 0 Å². The molecule has 0 radical (unpaired) electrons. The van der Waals surface area contributed by atoms with Gasteiger partial charge in [-0.3, -0.25) is 0 Å². The number of nitrogens with zero attached hydrogens (tertiary/aromatic N) is 1. The van der Waals surface area contributed by atoms with Crippen LogP contribution in [0.2, 0.25) is 0 Å². The Hall–Kier alpha value is 0.01000. The normalized spacial score (nSPS) is 12.5. The van der Waals surface area contributed by atoms with Gasteiger partial charge in [0.25, 0.3) is 0 Å². The first-order chi connectivity index (χ1) is 9.92. The molecule has 0 aliphatic carbocycles. The maximum Gasteiger partial charge on any atom is 0.245 e. The smallest absolute Gasteiger partial charge is 0.245 e. The number of hydrogen-bond donors (Lipinski definition) is 1. The molecule has 0 atom stereocenters. The zero-order valence-corrected chi connectivity index (χ0v) is 15.7. The van der Waals surface area contributed by atoms with Crippen molar-refractivity contribution < 1.29 is 18.3 Å². The van der Waals surface area contributed by atoms with Gasteiger partial charge in [-0.2, -0.15) is 4.31 Å². The predicted molar refractivity (Wildman–Crippen MR) is 88.1 cm³/mol. The van der Waals surface area contributed by atoms with E-state index in [0.29, 0.717) is 21.8 Å². The van der Waals surface area contributed by atoms with Crippen LogP contribution >= 0.6 is 27.3 Å². The van der Waals surface area contributed by atoms with Crippen molar-refractivity contribution >= 4 is 37.3 Å². The number of rotatable bonds is 9. The summed E-state index contributed by atoms with van der Waals surface area (Å²) in [5, 5.41) is 9.18. The second kappa shape index (κ2) is 8.59. The topological polar surface area (TPSA) is 66.8 Å². The molecule has 0 unspecified atom stereocenters. The van der Waals surface area contributed by atoms with Gasteiger partial charge in [-0.1, -0.05) is 13.8 Å². The molecule has 1 rings (SSSR count). The van der Waals surface area contributed by atoms with Gasteiger partial charge in [0, 0.05) is 24.6 Å². The quantitative estimate of drug-likeness (QED) is 0.692. The number of methoxy groups -OCH3 is 1. The minimum absolute atomic E-state index is 0.0606. The molecular formula is C13H22BrNO4S2. The number of halogens is 1. The van der Waals surface area contributed by atoms with Crippen LogP contribution in [0.5, 0.6) is 0 Å². The fourth-order valence-corrected chi connectivity index (χ4v) is 6.40. The maximum absolute atomic E-state index is 12.9. The molecule has 1 heterocycles. The molecule has 0 bridgehead atoms. The van der Waals surface area contributed by atoms with Crippen molar-refractivity contribution in [3.8, 4) is 0 Å². The fraction of sp³-hybridized carbons (Fsp3) is 0.692. The summed E-state index contributed by atoms with van der Waals surface area (Å²) in [6.07, 6.45) is 1.49. The molecule has 0 saturated carbocycles. The second-order valence-corrected chi connectivity index (χ2v) is 8.90. The summed E-state index contributed by atoms with van der Waals surface area (Å²) in [4.78, 5) is 0.844. The first kappa shape index (κ1) is 19.1. The van der Waals surface area contributed by atoms with Gasteiger partial charge in [0.1, 0.15) is 4.90 Å². The molecule has 21 heavy (non-hydrogen) atoms. The summed E-state index contributed by atoms with van der Waals surface area (Å²) >= 11 is 4.53. The van der Waals surface area contributed by atoms with E-state index in [1.165, 1.54) is 21.7 Å². The third-order valence-electron chi connectivity index (χ3n) is 3.31. The van der Waals surface area contributed by atoms with Gasteiger partial charge in [0.2, 0.25) is 10.0 Å². The standard InChI is InChI=1S/C13H22BrNO4S2/c1-4-10(5-2)15(6-7-19-3)21(17,18)12-8-11(9-16)20-13(12)14/h8,10,16H,4-7,9H2,1-3H3. The molecule has 0 saturated heterocycles. The number of thiophene rings is 1. The summed E-state index contributed by atoms with van der Waals surface area (Å²) in [7, 11) is -2.05. The van der Waals surface area contributed by atoms with Crippen molar-refractivity contribution in [2.75, 3.05) is 20.3 Å². The maximum atomic E-state index is 12.9. The first-order valence-corrected chi connectivity index (χ1v) is 9.87. The monoisotopic (exact) mass is 399 g/mol. The average molecular weight is 400 g/mol. The van der Waals surface area contributed by atoms with E-state index in [1.807, 2.05) is 13.8 Å². The second-order valence-electron chi connectivity index (χ2n) is 4.59. The highest BCUT2D eigenvalue weighted by molar-refractivity contribution is 9.11. The molecule has 0 aromatic carbocycles. The van der Waals surface area contributed by atoms with Gasteiger partial charge in [0.15, 0.2) is 0 Å². The Bertz CT molecular complexity index is 540. The van der Waals surface area contributed by atoms with Crippen LogP contribution < -0.4 is 0 Å². The van der Waals surface area contributed by atoms with Crippen LogP contribution in [0.4, 0.5) is 0 Å². The van der Waals surface area contributed by atoms with E-state index in [9.17, 15) is 13.5 Å². The number of sulfonamides is 1. The SMILES string of the molecule is CCC(CC)N(CCOC)S(=O)(=O)c1cc(CO)sc1Br. The molecular weight excluding hydrogens is 378 g/mol. The van der Waals surface area contributed by atoms with Gasteiger partial charge in [0.05, 0.1) is 17.0 Å². The lowest BCUT2D eigenvalue weighted by Gasteiger charge is -2.29. The summed E-state index contributed by atoms with van der Waals surface area (Å²) in [6, 6.07) is 1.47. The van der Waals surface area contributed by atoms with Gasteiger partial charge in [-0.25, -0.2) is 8.42 Å². The highest BCUT2D eigenvalue weighted by Crippen LogP contribution is 2.34. The highest BCUT2D eigenvalue weighted by Gasteiger charge is 2.32. The summed E-state index contributed by atoms with van der Waals surface area (Å²) in [5.41, 5.74) is 0. The summed E-state index contributed by atoms with van der Waals surface area (Å²) in [6.45, 7) is 4.46. The van der Waals surface area contributed by atoms with E-state index in [-0.39, 0.29) is 17.5 Å². The van der Waals surface area contributed by atoms with E-state index in [4.69, 9.17) is 4.74 Å². The van der Waals surface area contributed by atoms with Crippen molar-refractivity contribution in [2.24, 2.45) is 0 Å².